The number of halogens is 1. The lowest BCUT2D eigenvalue weighted by molar-refractivity contribution is 0.768. The van der Waals surface area contributed by atoms with Crippen molar-refractivity contribution in [3.63, 3.8) is 0 Å². The summed E-state index contributed by atoms with van der Waals surface area (Å²) in [5, 5.41) is 0. The molecule has 0 spiro atoms. The predicted octanol–water partition coefficient (Wildman–Crippen LogP) is 1.26. The monoisotopic (exact) mass is 201 g/mol. The molecule has 2 N–H and O–H groups in total. The fourth-order valence-corrected chi connectivity index (χ4v) is 1.24. The maximum atomic E-state index is 5.59. The number of hydrogen-bond acceptors (Lipinski definition) is 3. The van der Waals surface area contributed by atoms with Gasteiger partial charge in [0.15, 0.2) is 0 Å². The van der Waals surface area contributed by atoms with Crippen LogP contribution in [0.3, 0.4) is 0 Å². The van der Waals surface area contributed by atoms with Gasteiger partial charge in [0, 0.05) is 12.2 Å². The predicted molar refractivity (Wildman–Crippen MR) is 42.3 cm³/mol. The Labute approximate surface area is 67.8 Å². The molecule has 0 amide bonds. The molecule has 0 aromatic carbocycles. The summed E-state index contributed by atoms with van der Waals surface area (Å²) in [6, 6.07) is -0.0441. The van der Waals surface area contributed by atoms with Gasteiger partial charge in [-0.2, -0.15) is 0 Å². The van der Waals surface area contributed by atoms with Gasteiger partial charge < -0.3 is 5.73 Å². The highest BCUT2D eigenvalue weighted by Crippen LogP contribution is 2.16. The summed E-state index contributed by atoms with van der Waals surface area (Å²) in [4.78, 5) is 7.81. The van der Waals surface area contributed by atoms with Gasteiger partial charge in [0.1, 0.15) is 6.33 Å². The molecule has 1 heterocycles. The van der Waals surface area contributed by atoms with Crippen molar-refractivity contribution in [3.05, 3.63) is 22.7 Å². The van der Waals surface area contributed by atoms with E-state index < -0.39 is 0 Å². The van der Waals surface area contributed by atoms with E-state index in [4.69, 9.17) is 5.73 Å². The molecule has 0 fully saturated rings. The summed E-state index contributed by atoms with van der Waals surface area (Å²) in [7, 11) is 0. The van der Waals surface area contributed by atoms with Crippen LogP contribution in [0.4, 0.5) is 0 Å². The topological polar surface area (TPSA) is 51.8 Å². The van der Waals surface area contributed by atoms with Crippen molar-refractivity contribution < 1.29 is 0 Å². The van der Waals surface area contributed by atoms with E-state index in [0.29, 0.717) is 0 Å². The average Bonchev–Trinajstić information content (AvgIpc) is 1.88. The quantitative estimate of drug-likeness (QED) is 0.745. The Morgan fingerprint density at radius 2 is 2.40 bits per heavy atom. The van der Waals surface area contributed by atoms with Crippen molar-refractivity contribution in [1.82, 2.24) is 9.97 Å². The summed E-state index contributed by atoms with van der Waals surface area (Å²) in [5.41, 5.74) is 6.44. The fourth-order valence-electron chi connectivity index (χ4n) is 0.657. The lowest BCUT2D eigenvalue weighted by atomic mass is 10.2. The van der Waals surface area contributed by atoms with E-state index in [1.807, 2.05) is 6.92 Å². The standard InChI is InChI=1S/C6H8BrN3/c1-4(8)6-5(7)2-9-3-10-6/h2-4H,8H2,1H3/t4-/m0/s1. The van der Waals surface area contributed by atoms with Gasteiger partial charge in [0.05, 0.1) is 10.2 Å². The van der Waals surface area contributed by atoms with Gasteiger partial charge in [-0.25, -0.2) is 9.97 Å². The molecule has 0 radical (unpaired) electrons. The summed E-state index contributed by atoms with van der Waals surface area (Å²) < 4.78 is 0.866. The Kier molecular flexibility index (Phi) is 2.34. The third kappa shape index (κ3) is 1.52. The molecule has 1 atom stereocenters. The molecule has 1 aromatic rings. The molecule has 0 saturated carbocycles. The Morgan fingerprint density at radius 3 is 2.80 bits per heavy atom. The van der Waals surface area contributed by atoms with Gasteiger partial charge >= 0.3 is 0 Å². The van der Waals surface area contributed by atoms with Crippen molar-refractivity contribution in [2.75, 3.05) is 0 Å². The van der Waals surface area contributed by atoms with E-state index in [0.717, 1.165) is 10.2 Å². The van der Waals surface area contributed by atoms with Crippen molar-refractivity contribution >= 4 is 15.9 Å². The van der Waals surface area contributed by atoms with Crippen LogP contribution in [0.25, 0.3) is 0 Å². The Hall–Kier alpha value is -0.480. The van der Waals surface area contributed by atoms with Gasteiger partial charge in [-0.1, -0.05) is 0 Å². The van der Waals surface area contributed by atoms with E-state index in [2.05, 4.69) is 25.9 Å². The zero-order chi connectivity index (χ0) is 7.56. The van der Waals surface area contributed by atoms with E-state index >= 15 is 0 Å². The fraction of sp³-hybridized carbons (Fsp3) is 0.333. The van der Waals surface area contributed by atoms with Crippen LogP contribution >= 0.6 is 15.9 Å². The first-order valence-electron chi connectivity index (χ1n) is 2.93. The molecule has 54 valence electrons. The first-order valence-corrected chi connectivity index (χ1v) is 3.72. The summed E-state index contributed by atoms with van der Waals surface area (Å²) in [5.74, 6) is 0. The normalized spacial score (nSPS) is 13.1. The highest BCUT2D eigenvalue weighted by Gasteiger charge is 2.04. The number of nitrogens with zero attached hydrogens (tertiary/aromatic N) is 2. The number of hydrogen-bond donors (Lipinski definition) is 1. The van der Waals surface area contributed by atoms with Crippen LogP contribution in [0.5, 0.6) is 0 Å². The van der Waals surface area contributed by atoms with E-state index in [9.17, 15) is 0 Å². The summed E-state index contributed by atoms with van der Waals surface area (Å²) in [6.45, 7) is 1.88. The maximum Gasteiger partial charge on any atom is 0.115 e. The molecule has 0 aliphatic heterocycles. The first kappa shape index (κ1) is 7.63. The lowest BCUT2D eigenvalue weighted by Crippen LogP contribution is -2.08. The van der Waals surface area contributed by atoms with Gasteiger partial charge in [-0.3, -0.25) is 0 Å². The minimum Gasteiger partial charge on any atom is -0.323 e. The smallest absolute Gasteiger partial charge is 0.115 e. The number of aromatic nitrogens is 2. The van der Waals surface area contributed by atoms with Crippen LogP contribution in [0.15, 0.2) is 17.0 Å². The van der Waals surface area contributed by atoms with Crippen LogP contribution in [0.1, 0.15) is 18.7 Å². The lowest BCUT2D eigenvalue weighted by Gasteiger charge is -2.04. The molecule has 1 aromatic heterocycles. The van der Waals surface area contributed by atoms with Gasteiger partial charge in [-0.15, -0.1) is 0 Å². The molecular formula is C6H8BrN3. The average molecular weight is 202 g/mol. The molecule has 1 rings (SSSR count). The molecule has 0 unspecified atom stereocenters. The molecule has 0 aliphatic rings. The Balaban J connectivity index is 3.03. The van der Waals surface area contributed by atoms with E-state index in [-0.39, 0.29) is 6.04 Å². The summed E-state index contributed by atoms with van der Waals surface area (Å²) >= 11 is 3.29. The minimum atomic E-state index is -0.0441. The van der Waals surface area contributed by atoms with Crippen molar-refractivity contribution in [2.45, 2.75) is 13.0 Å². The van der Waals surface area contributed by atoms with Crippen LogP contribution in [0.2, 0.25) is 0 Å². The molecule has 10 heavy (non-hydrogen) atoms. The Bertz CT molecular complexity index is 224. The van der Waals surface area contributed by atoms with E-state index in [1.165, 1.54) is 6.33 Å². The Morgan fingerprint density at radius 1 is 1.70 bits per heavy atom. The molecule has 4 heteroatoms. The van der Waals surface area contributed by atoms with Crippen LogP contribution in [0, 0.1) is 0 Å². The number of rotatable bonds is 1. The highest BCUT2D eigenvalue weighted by molar-refractivity contribution is 9.10. The second-order valence-electron chi connectivity index (χ2n) is 2.04. The number of nitrogens with two attached hydrogens (primary N) is 1. The second-order valence-corrected chi connectivity index (χ2v) is 2.90. The zero-order valence-corrected chi connectivity index (χ0v) is 7.17. The molecule has 3 nitrogen and oxygen atoms in total. The second kappa shape index (κ2) is 3.07. The van der Waals surface area contributed by atoms with Crippen molar-refractivity contribution in [2.24, 2.45) is 5.73 Å². The minimum absolute atomic E-state index is 0.0441. The first-order chi connectivity index (χ1) is 4.72. The molecule has 0 aliphatic carbocycles. The van der Waals surface area contributed by atoms with Crippen LogP contribution < -0.4 is 5.73 Å². The SMILES string of the molecule is C[C@H](N)c1ncncc1Br. The van der Waals surface area contributed by atoms with E-state index in [1.54, 1.807) is 6.20 Å². The molecular weight excluding hydrogens is 194 g/mol. The van der Waals surface area contributed by atoms with Crippen molar-refractivity contribution in [3.8, 4) is 0 Å². The maximum absolute atomic E-state index is 5.59. The third-order valence-electron chi connectivity index (χ3n) is 1.13. The van der Waals surface area contributed by atoms with Crippen molar-refractivity contribution in [1.29, 1.82) is 0 Å². The molecule has 0 bridgehead atoms. The van der Waals surface area contributed by atoms with Gasteiger partial charge in [-0.05, 0) is 22.9 Å². The largest absolute Gasteiger partial charge is 0.323 e. The highest BCUT2D eigenvalue weighted by atomic mass is 79.9. The van der Waals surface area contributed by atoms with Crippen LogP contribution in [-0.2, 0) is 0 Å². The van der Waals surface area contributed by atoms with Gasteiger partial charge in [0.2, 0.25) is 0 Å². The van der Waals surface area contributed by atoms with Crippen LogP contribution in [-0.4, -0.2) is 9.97 Å². The zero-order valence-electron chi connectivity index (χ0n) is 5.58. The summed E-state index contributed by atoms with van der Waals surface area (Å²) in [6.07, 6.45) is 3.18. The molecule has 0 saturated heterocycles. The third-order valence-corrected chi connectivity index (χ3v) is 1.74. The van der Waals surface area contributed by atoms with Gasteiger partial charge in [0.25, 0.3) is 0 Å².